The Kier molecular flexibility index (Phi) is 5.09. The van der Waals surface area contributed by atoms with Crippen LogP contribution in [-0.4, -0.2) is 10.5 Å². The van der Waals surface area contributed by atoms with Gasteiger partial charge in [-0.3, -0.25) is 4.79 Å². The maximum Gasteiger partial charge on any atom is 0.250 e. The number of benzene rings is 2. The smallest absolute Gasteiger partial charge is 0.250 e. The third kappa shape index (κ3) is 3.63. The molecule has 26 heavy (non-hydrogen) atoms. The van der Waals surface area contributed by atoms with E-state index in [0.29, 0.717) is 40.5 Å². The summed E-state index contributed by atoms with van der Waals surface area (Å²) in [7, 11) is 0. The van der Waals surface area contributed by atoms with Crippen LogP contribution in [0.15, 0.2) is 48.5 Å². The van der Waals surface area contributed by atoms with Gasteiger partial charge in [-0.25, -0.2) is 8.78 Å². The average Bonchev–Trinajstić information content (AvgIpc) is 2.94. The van der Waals surface area contributed by atoms with Crippen LogP contribution in [0.1, 0.15) is 21.6 Å². The van der Waals surface area contributed by atoms with Gasteiger partial charge in [-0.1, -0.05) is 23.7 Å². The van der Waals surface area contributed by atoms with E-state index in [4.69, 9.17) is 17.3 Å². The maximum atomic E-state index is 13.7. The number of amides is 1. The molecular weight excluding hydrogens is 358 g/mol. The van der Waals surface area contributed by atoms with Gasteiger partial charge in [0.15, 0.2) is 11.6 Å². The van der Waals surface area contributed by atoms with Gasteiger partial charge in [0.05, 0.1) is 5.56 Å². The summed E-state index contributed by atoms with van der Waals surface area (Å²) >= 11 is 5.90. The van der Waals surface area contributed by atoms with Gasteiger partial charge >= 0.3 is 0 Å². The molecule has 0 radical (unpaired) electrons. The van der Waals surface area contributed by atoms with E-state index in [1.807, 2.05) is 28.8 Å². The van der Waals surface area contributed by atoms with Crippen molar-refractivity contribution < 1.29 is 13.6 Å². The quantitative estimate of drug-likeness (QED) is 0.689. The first-order chi connectivity index (χ1) is 12.4. The SMILES string of the molecule is Cc1c(C(N)=O)cc(-c2ccc(F)c(F)c2)n1CCc1ccc(Cl)cc1. The molecule has 1 amide bonds. The number of halogens is 3. The molecule has 0 aliphatic rings. The number of carbonyl (C=O) groups is 1. The number of carbonyl (C=O) groups excluding carboxylic acids is 1. The lowest BCUT2D eigenvalue weighted by atomic mass is 10.1. The molecule has 6 heteroatoms. The molecule has 0 saturated heterocycles. The largest absolute Gasteiger partial charge is 0.366 e. The third-order valence-electron chi connectivity index (χ3n) is 4.38. The standard InChI is InChI=1S/C20H17ClF2N2O/c1-12-16(20(24)26)11-19(14-4-7-17(22)18(23)10-14)25(12)9-8-13-2-5-15(21)6-3-13/h2-7,10-11H,8-9H2,1H3,(H2,24,26). The van der Waals surface area contributed by atoms with Gasteiger partial charge in [-0.2, -0.15) is 0 Å². The van der Waals surface area contributed by atoms with Gasteiger partial charge in [0.2, 0.25) is 0 Å². The van der Waals surface area contributed by atoms with Crippen LogP contribution in [0, 0.1) is 18.6 Å². The summed E-state index contributed by atoms with van der Waals surface area (Å²) < 4.78 is 28.8. The zero-order valence-corrected chi connectivity index (χ0v) is 14.9. The van der Waals surface area contributed by atoms with Crippen LogP contribution in [0.4, 0.5) is 8.78 Å². The van der Waals surface area contributed by atoms with Crippen LogP contribution in [-0.2, 0) is 13.0 Å². The fraction of sp³-hybridized carbons (Fsp3) is 0.150. The van der Waals surface area contributed by atoms with Crippen molar-refractivity contribution >= 4 is 17.5 Å². The van der Waals surface area contributed by atoms with Crippen molar-refractivity contribution in [2.75, 3.05) is 0 Å². The van der Waals surface area contributed by atoms with Crippen molar-refractivity contribution in [3.05, 3.63) is 82.0 Å². The van der Waals surface area contributed by atoms with Crippen molar-refractivity contribution in [3.63, 3.8) is 0 Å². The summed E-state index contributed by atoms with van der Waals surface area (Å²) in [6, 6.07) is 12.8. The fourth-order valence-corrected chi connectivity index (χ4v) is 3.10. The highest BCUT2D eigenvalue weighted by Crippen LogP contribution is 2.27. The molecule has 0 saturated carbocycles. The molecule has 0 spiro atoms. The van der Waals surface area contributed by atoms with Crippen molar-refractivity contribution in [2.24, 2.45) is 5.73 Å². The Bertz CT molecular complexity index is 965. The summed E-state index contributed by atoms with van der Waals surface area (Å²) in [6.07, 6.45) is 0.682. The Morgan fingerprint density at radius 3 is 2.38 bits per heavy atom. The van der Waals surface area contributed by atoms with Crippen LogP contribution in [0.25, 0.3) is 11.3 Å². The summed E-state index contributed by atoms with van der Waals surface area (Å²) in [6.45, 7) is 2.33. The lowest BCUT2D eigenvalue weighted by Crippen LogP contribution is -2.13. The highest BCUT2D eigenvalue weighted by atomic mass is 35.5. The maximum absolute atomic E-state index is 13.7. The lowest BCUT2D eigenvalue weighted by Gasteiger charge is -2.12. The highest BCUT2D eigenvalue weighted by Gasteiger charge is 2.17. The molecule has 0 atom stereocenters. The Hall–Kier alpha value is -2.66. The molecule has 0 fully saturated rings. The molecule has 2 N–H and O–H groups in total. The first-order valence-corrected chi connectivity index (χ1v) is 8.44. The number of aryl methyl sites for hydroxylation is 1. The molecule has 0 bridgehead atoms. The van der Waals surface area contributed by atoms with Crippen molar-refractivity contribution in [2.45, 2.75) is 19.9 Å². The molecule has 1 aromatic heterocycles. The average molecular weight is 375 g/mol. The van der Waals surface area contributed by atoms with Crippen LogP contribution in [0.2, 0.25) is 5.02 Å². The Labute approximate surface area is 155 Å². The molecule has 0 unspecified atom stereocenters. The number of nitrogens with zero attached hydrogens (tertiary/aromatic N) is 1. The van der Waals surface area contributed by atoms with Crippen LogP contribution >= 0.6 is 11.6 Å². The van der Waals surface area contributed by atoms with E-state index in [9.17, 15) is 13.6 Å². The number of aromatic nitrogens is 1. The van der Waals surface area contributed by atoms with Gasteiger partial charge in [-0.05, 0) is 55.3 Å². The van der Waals surface area contributed by atoms with E-state index in [1.54, 1.807) is 13.0 Å². The van der Waals surface area contributed by atoms with Gasteiger partial charge in [-0.15, -0.1) is 0 Å². The summed E-state index contributed by atoms with van der Waals surface area (Å²) in [4.78, 5) is 11.7. The molecule has 0 aliphatic carbocycles. The second-order valence-corrected chi connectivity index (χ2v) is 6.49. The third-order valence-corrected chi connectivity index (χ3v) is 4.64. The number of primary amides is 1. The van der Waals surface area contributed by atoms with E-state index >= 15 is 0 Å². The van der Waals surface area contributed by atoms with Crippen molar-refractivity contribution in [3.8, 4) is 11.3 Å². The van der Waals surface area contributed by atoms with E-state index in [2.05, 4.69) is 0 Å². The van der Waals surface area contributed by atoms with Crippen LogP contribution in [0.5, 0.6) is 0 Å². The monoisotopic (exact) mass is 374 g/mol. The van der Waals surface area contributed by atoms with E-state index < -0.39 is 17.5 Å². The van der Waals surface area contributed by atoms with E-state index in [1.165, 1.54) is 6.07 Å². The Balaban J connectivity index is 2.00. The Morgan fingerprint density at radius 2 is 1.77 bits per heavy atom. The summed E-state index contributed by atoms with van der Waals surface area (Å²) in [5.74, 6) is -2.41. The van der Waals surface area contributed by atoms with Crippen LogP contribution < -0.4 is 5.73 Å². The first kappa shape index (κ1) is 18.1. The minimum atomic E-state index is -0.939. The molecule has 3 aromatic rings. The van der Waals surface area contributed by atoms with E-state index in [-0.39, 0.29) is 0 Å². The minimum absolute atomic E-state index is 0.362. The zero-order chi connectivity index (χ0) is 18.8. The first-order valence-electron chi connectivity index (χ1n) is 8.06. The fourth-order valence-electron chi connectivity index (χ4n) is 2.97. The summed E-state index contributed by atoms with van der Waals surface area (Å²) in [5.41, 5.74) is 8.67. The van der Waals surface area contributed by atoms with Gasteiger partial charge in [0.1, 0.15) is 0 Å². The zero-order valence-electron chi connectivity index (χ0n) is 14.1. The molecule has 3 nitrogen and oxygen atoms in total. The van der Waals surface area contributed by atoms with Gasteiger partial charge < -0.3 is 10.3 Å². The lowest BCUT2D eigenvalue weighted by molar-refractivity contribution is 0.0999. The molecule has 0 aliphatic heterocycles. The van der Waals surface area contributed by atoms with E-state index in [0.717, 1.165) is 17.7 Å². The Morgan fingerprint density at radius 1 is 1.08 bits per heavy atom. The van der Waals surface area contributed by atoms with Gasteiger partial charge in [0, 0.05) is 28.5 Å². The minimum Gasteiger partial charge on any atom is -0.366 e. The number of rotatable bonds is 5. The predicted octanol–water partition coefficient (Wildman–Crippen LogP) is 4.74. The predicted molar refractivity (Wildman–Crippen MR) is 98.2 cm³/mol. The molecule has 134 valence electrons. The van der Waals surface area contributed by atoms with Crippen LogP contribution in [0.3, 0.4) is 0 Å². The number of nitrogens with two attached hydrogens (primary N) is 1. The van der Waals surface area contributed by atoms with Crippen molar-refractivity contribution in [1.29, 1.82) is 0 Å². The molecule has 2 aromatic carbocycles. The molecule has 1 heterocycles. The van der Waals surface area contributed by atoms with Crippen molar-refractivity contribution in [1.82, 2.24) is 4.57 Å². The number of hydrogen-bond acceptors (Lipinski definition) is 1. The highest BCUT2D eigenvalue weighted by molar-refractivity contribution is 6.30. The normalized spacial score (nSPS) is 10.9. The second kappa shape index (κ2) is 7.30. The summed E-state index contributed by atoms with van der Waals surface area (Å²) in [5, 5.41) is 0.657. The van der Waals surface area contributed by atoms with Gasteiger partial charge in [0.25, 0.3) is 5.91 Å². The number of hydrogen-bond donors (Lipinski definition) is 1. The molecule has 3 rings (SSSR count). The topological polar surface area (TPSA) is 48.0 Å². The second-order valence-electron chi connectivity index (χ2n) is 6.05. The molecular formula is C20H17ClF2N2O.